The van der Waals surface area contributed by atoms with Gasteiger partial charge >= 0.3 is 0 Å². The Hall–Kier alpha value is -2.33. The molecule has 1 unspecified atom stereocenters. The molecule has 2 aliphatic rings. The van der Waals surface area contributed by atoms with Gasteiger partial charge in [0.2, 0.25) is 0 Å². The van der Waals surface area contributed by atoms with Crippen molar-refractivity contribution >= 4 is 10.9 Å². The average molecular weight is 462 g/mol. The molecule has 1 aliphatic carbocycles. The summed E-state index contributed by atoms with van der Waals surface area (Å²) >= 11 is 0. The van der Waals surface area contributed by atoms with Crippen molar-refractivity contribution in [3.8, 4) is 0 Å². The molecule has 4 nitrogen and oxygen atoms in total. The molecule has 1 aromatic heterocycles. The van der Waals surface area contributed by atoms with E-state index in [0.717, 1.165) is 48.8 Å². The van der Waals surface area contributed by atoms with Gasteiger partial charge < -0.3 is 9.88 Å². The second-order valence-corrected chi connectivity index (χ2v) is 10.6. The minimum absolute atomic E-state index is 0.0454. The number of fused-ring (bicyclic) bond motifs is 1. The van der Waals surface area contributed by atoms with Crippen molar-refractivity contribution in [1.82, 2.24) is 14.8 Å². The van der Waals surface area contributed by atoms with E-state index in [1.54, 1.807) is 0 Å². The van der Waals surface area contributed by atoms with Crippen LogP contribution in [0.2, 0.25) is 0 Å². The molecule has 1 N–H and O–H groups in total. The molecule has 4 rings (SSSR count). The van der Waals surface area contributed by atoms with Gasteiger partial charge in [-0.2, -0.15) is 0 Å². The number of allylic oxidation sites excluding steroid dienone is 2. The number of aryl methyl sites for hydroxylation is 1. The third kappa shape index (κ3) is 4.75. The SMILES string of the molecule is C=CC1(/C(=C/C)N(C)C)CCN(C(c2ccc3[nH]c(=O)c(CC)cc3c2)C2CCCCC2)CC1. The van der Waals surface area contributed by atoms with Crippen LogP contribution in [0.1, 0.15) is 76.0 Å². The van der Waals surface area contributed by atoms with Crippen LogP contribution in [0.3, 0.4) is 0 Å². The summed E-state index contributed by atoms with van der Waals surface area (Å²) in [7, 11) is 4.31. The van der Waals surface area contributed by atoms with Crippen molar-refractivity contribution in [2.24, 2.45) is 11.3 Å². The molecule has 1 saturated carbocycles. The Kier molecular flexibility index (Phi) is 7.67. The second kappa shape index (κ2) is 10.5. The number of nitrogens with one attached hydrogen (secondary N) is 1. The van der Waals surface area contributed by atoms with Crippen molar-refractivity contribution in [2.45, 2.75) is 71.3 Å². The van der Waals surface area contributed by atoms with Gasteiger partial charge in [-0.05, 0) is 87.2 Å². The molecular formula is C30H43N3O. The second-order valence-electron chi connectivity index (χ2n) is 10.6. The fraction of sp³-hybridized carbons (Fsp3) is 0.567. The number of hydrogen-bond donors (Lipinski definition) is 1. The van der Waals surface area contributed by atoms with E-state index in [1.807, 2.05) is 0 Å². The summed E-state index contributed by atoms with van der Waals surface area (Å²) < 4.78 is 0. The lowest BCUT2D eigenvalue weighted by molar-refractivity contribution is 0.0621. The van der Waals surface area contributed by atoms with Crippen molar-refractivity contribution in [3.63, 3.8) is 0 Å². The van der Waals surface area contributed by atoms with Gasteiger partial charge in [0.15, 0.2) is 0 Å². The van der Waals surface area contributed by atoms with Crippen LogP contribution in [0.5, 0.6) is 0 Å². The molecule has 4 heteroatoms. The van der Waals surface area contributed by atoms with Gasteiger partial charge in [0.05, 0.1) is 0 Å². The molecule has 34 heavy (non-hydrogen) atoms. The quantitative estimate of drug-likeness (QED) is 0.482. The molecule has 1 aromatic carbocycles. The smallest absolute Gasteiger partial charge is 0.251 e. The van der Waals surface area contributed by atoms with Crippen molar-refractivity contribution in [3.05, 3.63) is 70.2 Å². The summed E-state index contributed by atoms with van der Waals surface area (Å²) in [5, 5.41) is 1.16. The molecule has 2 aromatic rings. The highest BCUT2D eigenvalue weighted by Gasteiger charge is 2.40. The molecule has 2 heterocycles. The zero-order valence-electron chi connectivity index (χ0n) is 21.7. The van der Waals surface area contributed by atoms with Gasteiger partial charge in [0, 0.05) is 42.3 Å². The Bertz CT molecular complexity index is 1080. The van der Waals surface area contributed by atoms with E-state index in [4.69, 9.17) is 0 Å². The number of H-pyrrole nitrogens is 1. The Morgan fingerprint density at radius 2 is 1.91 bits per heavy atom. The van der Waals surface area contributed by atoms with Gasteiger partial charge in [-0.15, -0.1) is 6.58 Å². The number of rotatable bonds is 7. The number of benzene rings is 1. The Labute approximate surface area is 205 Å². The molecule has 0 radical (unpaired) electrons. The molecule has 184 valence electrons. The predicted octanol–water partition coefficient (Wildman–Crippen LogP) is 6.45. The first-order valence-corrected chi connectivity index (χ1v) is 13.3. The van der Waals surface area contributed by atoms with Crippen molar-refractivity contribution in [1.29, 1.82) is 0 Å². The number of hydrogen-bond acceptors (Lipinski definition) is 3. The number of aromatic nitrogens is 1. The number of pyridine rings is 1. The van der Waals surface area contributed by atoms with Crippen LogP contribution in [0, 0.1) is 11.3 Å². The number of likely N-dealkylation sites (tertiary alicyclic amines) is 1. The normalized spacial score (nSPS) is 20.9. The van der Waals surface area contributed by atoms with E-state index in [1.165, 1.54) is 43.4 Å². The van der Waals surface area contributed by atoms with Gasteiger partial charge in [-0.3, -0.25) is 9.69 Å². The summed E-state index contributed by atoms with van der Waals surface area (Å²) in [6, 6.07) is 9.30. The first-order valence-electron chi connectivity index (χ1n) is 13.3. The topological polar surface area (TPSA) is 39.3 Å². The monoisotopic (exact) mass is 461 g/mol. The Morgan fingerprint density at radius 3 is 2.50 bits per heavy atom. The highest BCUT2D eigenvalue weighted by molar-refractivity contribution is 5.79. The number of nitrogens with zero attached hydrogens (tertiary/aromatic N) is 2. The van der Waals surface area contributed by atoms with Crippen LogP contribution < -0.4 is 5.56 Å². The average Bonchev–Trinajstić information content (AvgIpc) is 2.85. The van der Waals surface area contributed by atoms with Crippen LogP contribution in [0.15, 0.2) is 53.5 Å². The maximum atomic E-state index is 12.3. The number of aromatic amines is 1. The molecule has 0 bridgehead atoms. The molecular weight excluding hydrogens is 418 g/mol. The van der Waals surface area contributed by atoms with Crippen LogP contribution in [0.4, 0.5) is 0 Å². The maximum Gasteiger partial charge on any atom is 0.251 e. The minimum Gasteiger partial charge on any atom is -0.381 e. The van der Waals surface area contributed by atoms with E-state index in [9.17, 15) is 4.79 Å². The Balaban J connectivity index is 1.67. The van der Waals surface area contributed by atoms with Crippen molar-refractivity contribution < 1.29 is 0 Å². The summed E-state index contributed by atoms with van der Waals surface area (Å²) in [6.07, 6.45) is 14.1. The first kappa shape index (κ1) is 24.8. The fourth-order valence-electron chi connectivity index (χ4n) is 6.70. The molecule has 1 aliphatic heterocycles. The molecule has 2 fully saturated rings. The van der Waals surface area contributed by atoms with E-state index in [-0.39, 0.29) is 11.0 Å². The van der Waals surface area contributed by atoms with Crippen LogP contribution >= 0.6 is 0 Å². The maximum absolute atomic E-state index is 12.3. The third-order valence-corrected chi connectivity index (χ3v) is 8.50. The third-order valence-electron chi connectivity index (χ3n) is 8.50. The highest BCUT2D eigenvalue weighted by atomic mass is 16.1. The highest BCUT2D eigenvalue weighted by Crippen LogP contribution is 2.46. The zero-order chi connectivity index (χ0) is 24.3. The number of piperidine rings is 1. The lowest BCUT2D eigenvalue weighted by Crippen LogP contribution is -2.45. The van der Waals surface area contributed by atoms with Gasteiger partial charge in [0.25, 0.3) is 5.56 Å². The fourth-order valence-corrected chi connectivity index (χ4v) is 6.70. The van der Waals surface area contributed by atoms with E-state index < -0.39 is 0 Å². The molecule has 1 saturated heterocycles. The van der Waals surface area contributed by atoms with E-state index in [0.29, 0.717) is 12.0 Å². The first-order chi connectivity index (χ1) is 16.4. The summed E-state index contributed by atoms with van der Waals surface area (Å²) in [6.45, 7) is 10.6. The largest absolute Gasteiger partial charge is 0.381 e. The summed E-state index contributed by atoms with van der Waals surface area (Å²) in [5.74, 6) is 0.700. The Morgan fingerprint density at radius 1 is 1.21 bits per heavy atom. The van der Waals surface area contributed by atoms with Gasteiger partial charge in [-0.25, -0.2) is 0 Å². The van der Waals surface area contributed by atoms with E-state index >= 15 is 0 Å². The zero-order valence-corrected chi connectivity index (χ0v) is 21.7. The molecule has 1 atom stereocenters. The van der Waals surface area contributed by atoms with Crippen LogP contribution in [0.25, 0.3) is 10.9 Å². The summed E-state index contributed by atoms with van der Waals surface area (Å²) in [5.41, 5.74) is 4.72. The summed E-state index contributed by atoms with van der Waals surface area (Å²) in [4.78, 5) is 20.4. The van der Waals surface area contributed by atoms with Crippen LogP contribution in [-0.2, 0) is 6.42 Å². The van der Waals surface area contributed by atoms with Gasteiger partial charge in [0.1, 0.15) is 0 Å². The molecule has 0 spiro atoms. The minimum atomic E-state index is 0.0454. The molecule has 0 amide bonds. The van der Waals surface area contributed by atoms with E-state index in [2.05, 4.69) is 85.7 Å². The lowest BCUT2D eigenvalue weighted by atomic mass is 9.73. The van der Waals surface area contributed by atoms with Gasteiger partial charge in [-0.1, -0.05) is 44.4 Å². The lowest BCUT2D eigenvalue weighted by Gasteiger charge is -2.48. The van der Waals surface area contributed by atoms with Crippen molar-refractivity contribution in [2.75, 3.05) is 27.2 Å². The predicted molar refractivity (Wildman–Crippen MR) is 144 cm³/mol. The standard InChI is InChI=1S/C30H43N3O/c1-6-22-20-25-21-24(14-15-26(25)31-29(22)34)28(23-12-10-9-11-13-23)33-18-16-30(8-3,17-19-33)27(7-2)32(4)5/h7-8,14-15,20-21,23,28H,3,6,9-13,16-19H2,1-2,4-5H3,(H,31,34)/b27-7-. The van der Waals surface area contributed by atoms with Crippen LogP contribution in [-0.4, -0.2) is 42.0 Å².